The van der Waals surface area contributed by atoms with Gasteiger partial charge in [-0.2, -0.15) is 0 Å². The second-order valence-corrected chi connectivity index (χ2v) is 8.77. The fourth-order valence-corrected chi connectivity index (χ4v) is 4.10. The Hall–Kier alpha value is -2.31. The molecule has 2 aliphatic rings. The number of hydrogen-bond donors (Lipinski definition) is 1. The molecule has 0 radical (unpaired) electrons. The number of hydrogen-bond acceptors (Lipinski definition) is 3. The molecule has 0 aliphatic carbocycles. The second kappa shape index (κ2) is 9.46. The van der Waals surface area contributed by atoms with Gasteiger partial charge in [0.05, 0.1) is 0 Å². The normalized spacial score (nSPS) is 17.8. The summed E-state index contributed by atoms with van der Waals surface area (Å²) in [5, 5.41) is 3.03. The van der Waals surface area contributed by atoms with Crippen LogP contribution in [0.25, 0.3) is 0 Å². The highest BCUT2D eigenvalue weighted by atomic mass is 16.2. The van der Waals surface area contributed by atoms with Crippen molar-refractivity contribution in [3.05, 3.63) is 33.7 Å². The summed E-state index contributed by atoms with van der Waals surface area (Å²) in [6.07, 6.45) is 6.29. The third-order valence-electron chi connectivity index (χ3n) is 6.03. The minimum atomic E-state index is -0.296. The Kier molecular flexibility index (Phi) is 6.98. The molecular formula is C22H34N4O3. The lowest BCUT2D eigenvalue weighted by atomic mass is 10.0. The molecule has 1 aromatic rings. The number of piperidine rings is 1. The predicted octanol–water partition coefficient (Wildman–Crippen LogP) is 2.61. The number of nitrogens with one attached hydrogen (secondary N) is 1. The van der Waals surface area contributed by atoms with E-state index >= 15 is 0 Å². The van der Waals surface area contributed by atoms with Gasteiger partial charge < -0.3 is 19.7 Å². The van der Waals surface area contributed by atoms with Crippen LogP contribution < -0.4 is 10.9 Å². The van der Waals surface area contributed by atoms with Gasteiger partial charge in [0.1, 0.15) is 5.56 Å². The Balaban J connectivity index is 1.59. The van der Waals surface area contributed by atoms with Crippen LogP contribution in [-0.2, 0) is 6.54 Å². The topological polar surface area (TPSA) is 74.6 Å². The summed E-state index contributed by atoms with van der Waals surface area (Å²) in [5.41, 5.74) is 0.728. The van der Waals surface area contributed by atoms with Gasteiger partial charge in [-0.15, -0.1) is 0 Å². The van der Waals surface area contributed by atoms with Crippen LogP contribution in [0.4, 0.5) is 4.79 Å². The van der Waals surface area contributed by atoms with E-state index in [2.05, 4.69) is 19.2 Å². The van der Waals surface area contributed by atoms with E-state index in [1.807, 2.05) is 15.9 Å². The van der Waals surface area contributed by atoms with E-state index in [4.69, 9.17) is 0 Å². The van der Waals surface area contributed by atoms with Crippen molar-refractivity contribution in [2.45, 2.75) is 65.5 Å². The predicted molar refractivity (Wildman–Crippen MR) is 113 cm³/mol. The van der Waals surface area contributed by atoms with Gasteiger partial charge in [-0.3, -0.25) is 9.59 Å². The first kappa shape index (κ1) is 21.4. The van der Waals surface area contributed by atoms with Gasteiger partial charge in [-0.1, -0.05) is 13.8 Å². The molecule has 2 aliphatic heterocycles. The molecule has 160 valence electrons. The standard InChI is InChI=1S/C22H34N4O3/c1-16(2)6-12-24-13-7-17(3)19(21(24)28)20(27)23-18-8-14-26(15-9-18)22(29)25-10-4-5-11-25/h7,13,16,18H,4-6,8-12,14-15H2,1-3H3,(H,23,27). The van der Waals surface area contributed by atoms with Crippen LogP contribution in [0, 0.1) is 12.8 Å². The van der Waals surface area contributed by atoms with E-state index in [-0.39, 0.29) is 29.1 Å². The molecule has 0 spiro atoms. The van der Waals surface area contributed by atoms with Gasteiger partial charge in [-0.25, -0.2) is 4.79 Å². The molecule has 3 rings (SSSR count). The van der Waals surface area contributed by atoms with Crippen LogP contribution in [0.5, 0.6) is 0 Å². The minimum Gasteiger partial charge on any atom is -0.349 e. The zero-order chi connectivity index (χ0) is 21.0. The van der Waals surface area contributed by atoms with Gasteiger partial charge in [0, 0.05) is 45.0 Å². The summed E-state index contributed by atoms with van der Waals surface area (Å²) < 4.78 is 1.64. The number of carbonyl (C=O) groups is 2. The maximum absolute atomic E-state index is 12.9. The van der Waals surface area contributed by atoms with Gasteiger partial charge in [0.2, 0.25) is 0 Å². The Morgan fingerprint density at radius 3 is 2.34 bits per heavy atom. The Labute approximate surface area is 173 Å². The number of urea groups is 1. The summed E-state index contributed by atoms with van der Waals surface area (Å²) in [4.78, 5) is 42.0. The maximum atomic E-state index is 12.9. The Bertz CT molecular complexity index is 788. The van der Waals surface area contributed by atoms with Gasteiger partial charge in [-0.05, 0) is 56.6 Å². The second-order valence-electron chi connectivity index (χ2n) is 8.77. The molecule has 7 nitrogen and oxygen atoms in total. The molecule has 3 amide bonds. The summed E-state index contributed by atoms with van der Waals surface area (Å²) in [5.74, 6) is 0.199. The van der Waals surface area contributed by atoms with Crippen LogP contribution in [0.15, 0.2) is 17.1 Å². The van der Waals surface area contributed by atoms with Crippen LogP contribution >= 0.6 is 0 Å². The molecule has 0 saturated carbocycles. The zero-order valence-corrected chi connectivity index (χ0v) is 17.9. The highest BCUT2D eigenvalue weighted by Gasteiger charge is 2.29. The molecule has 0 aromatic carbocycles. The summed E-state index contributed by atoms with van der Waals surface area (Å²) in [6.45, 7) is 9.66. The van der Waals surface area contributed by atoms with Crippen molar-refractivity contribution in [2.24, 2.45) is 5.92 Å². The first-order valence-electron chi connectivity index (χ1n) is 10.9. The number of aromatic nitrogens is 1. The lowest BCUT2D eigenvalue weighted by Gasteiger charge is -2.34. The summed E-state index contributed by atoms with van der Waals surface area (Å²) >= 11 is 0. The maximum Gasteiger partial charge on any atom is 0.319 e. The number of nitrogens with zero attached hydrogens (tertiary/aromatic N) is 3. The number of carbonyl (C=O) groups excluding carboxylic acids is 2. The van der Waals surface area contributed by atoms with Crippen molar-refractivity contribution in [3.63, 3.8) is 0 Å². The molecule has 3 heterocycles. The van der Waals surface area contributed by atoms with Crippen LogP contribution in [-0.4, -0.2) is 58.5 Å². The van der Waals surface area contributed by atoms with Crippen LogP contribution in [0.3, 0.4) is 0 Å². The quantitative estimate of drug-likeness (QED) is 0.823. The van der Waals surface area contributed by atoms with E-state index in [0.717, 1.165) is 45.2 Å². The molecule has 2 fully saturated rings. The highest BCUT2D eigenvalue weighted by molar-refractivity contribution is 5.95. The number of amides is 3. The lowest BCUT2D eigenvalue weighted by Crippen LogP contribution is -2.50. The Morgan fingerprint density at radius 2 is 1.72 bits per heavy atom. The van der Waals surface area contributed by atoms with E-state index in [0.29, 0.717) is 31.1 Å². The molecule has 7 heteroatoms. The molecular weight excluding hydrogens is 368 g/mol. The van der Waals surface area contributed by atoms with Crippen molar-refractivity contribution >= 4 is 11.9 Å². The largest absolute Gasteiger partial charge is 0.349 e. The number of likely N-dealkylation sites (tertiary alicyclic amines) is 2. The molecule has 2 saturated heterocycles. The number of pyridine rings is 1. The van der Waals surface area contributed by atoms with Crippen LogP contribution in [0.2, 0.25) is 0 Å². The summed E-state index contributed by atoms with van der Waals surface area (Å²) in [6, 6.07) is 1.96. The van der Waals surface area contributed by atoms with Crippen molar-refractivity contribution in [1.82, 2.24) is 19.7 Å². The van der Waals surface area contributed by atoms with E-state index < -0.39 is 0 Å². The first-order valence-corrected chi connectivity index (χ1v) is 10.9. The number of aryl methyl sites for hydroxylation is 2. The van der Waals surface area contributed by atoms with Gasteiger partial charge in [0.15, 0.2) is 0 Å². The molecule has 1 N–H and O–H groups in total. The van der Waals surface area contributed by atoms with Gasteiger partial charge in [0.25, 0.3) is 11.5 Å². The zero-order valence-electron chi connectivity index (χ0n) is 17.9. The fourth-order valence-electron chi connectivity index (χ4n) is 4.10. The Morgan fingerprint density at radius 1 is 1.10 bits per heavy atom. The average Bonchev–Trinajstić information content (AvgIpc) is 3.22. The third kappa shape index (κ3) is 5.19. The monoisotopic (exact) mass is 402 g/mol. The molecule has 0 unspecified atom stereocenters. The van der Waals surface area contributed by atoms with E-state index in [1.165, 1.54) is 0 Å². The fraction of sp³-hybridized carbons (Fsp3) is 0.682. The third-order valence-corrected chi connectivity index (χ3v) is 6.03. The smallest absolute Gasteiger partial charge is 0.319 e. The lowest BCUT2D eigenvalue weighted by molar-refractivity contribution is 0.0910. The van der Waals surface area contributed by atoms with Crippen LogP contribution in [0.1, 0.15) is 61.9 Å². The molecule has 0 atom stereocenters. The van der Waals surface area contributed by atoms with Gasteiger partial charge >= 0.3 is 6.03 Å². The van der Waals surface area contributed by atoms with Crippen molar-refractivity contribution in [2.75, 3.05) is 26.2 Å². The van der Waals surface area contributed by atoms with Crippen molar-refractivity contribution in [3.8, 4) is 0 Å². The minimum absolute atomic E-state index is 0.00625. The van der Waals surface area contributed by atoms with E-state index in [9.17, 15) is 14.4 Å². The first-order chi connectivity index (χ1) is 13.9. The average molecular weight is 403 g/mol. The number of rotatable bonds is 5. The molecule has 29 heavy (non-hydrogen) atoms. The highest BCUT2D eigenvalue weighted by Crippen LogP contribution is 2.16. The molecule has 1 aromatic heterocycles. The summed E-state index contributed by atoms with van der Waals surface area (Å²) in [7, 11) is 0. The van der Waals surface area contributed by atoms with E-state index in [1.54, 1.807) is 17.7 Å². The SMILES string of the molecule is Cc1ccn(CCC(C)C)c(=O)c1C(=O)NC1CCN(C(=O)N2CCCC2)CC1. The van der Waals surface area contributed by atoms with Crippen molar-refractivity contribution < 1.29 is 9.59 Å². The van der Waals surface area contributed by atoms with Crippen molar-refractivity contribution in [1.29, 1.82) is 0 Å². The molecule has 0 bridgehead atoms.